The van der Waals surface area contributed by atoms with E-state index < -0.39 is 0 Å². The first kappa shape index (κ1) is 45.6. The molecule has 4 aliphatic carbocycles. The first-order chi connectivity index (χ1) is 32.3. The Hall–Kier alpha value is -5.58. The number of hydrogen-bond donors (Lipinski definition) is 0. The fourth-order valence-electron chi connectivity index (χ4n) is 11.0. The number of rotatable bonds is 12. The Balaban J connectivity index is 0.000000166. The quantitative estimate of drug-likeness (QED) is 0.0681. The van der Waals surface area contributed by atoms with Crippen molar-refractivity contribution < 1.29 is 9.47 Å². The van der Waals surface area contributed by atoms with Crippen molar-refractivity contribution in [2.24, 2.45) is 0 Å². The highest BCUT2D eigenvalue weighted by Crippen LogP contribution is 2.50. The summed E-state index contributed by atoms with van der Waals surface area (Å²) in [5, 5.41) is 1.52. The Morgan fingerprint density at radius 3 is 1.52 bits per heavy atom. The molecule has 2 heterocycles. The molecule has 10 heteroatoms. The predicted molar refractivity (Wildman–Crippen MR) is 270 cm³/mol. The molecular weight excluding hydrogens is 857 g/mol. The third-order valence-electron chi connectivity index (χ3n) is 14.2. The summed E-state index contributed by atoms with van der Waals surface area (Å²) in [6, 6.07) is 33.1. The fraction of sp³-hybridized carbons (Fsp3) is 0.357. The zero-order valence-corrected chi connectivity index (χ0v) is 40.0. The number of benzene rings is 4. The summed E-state index contributed by atoms with van der Waals surface area (Å²) < 4.78 is 14.3. The number of allylic oxidation sites excluding steroid dienone is 2. The summed E-state index contributed by atoms with van der Waals surface area (Å²) in [6.45, 7) is 8.78. The van der Waals surface area contributed by atoms with E-state index in [1.54, 1.807) is 49.9 Å². The van der Waals surface area contributed by atoms with E-state index in [1.807, 2.05) is 39.5 Å². The molecule has 0 aliphatic heterocycles. The minimum absolute atomic E-state index is 0.0892. The van der Waals surface area contributed by atoms with Gasteiger partial charge < -0.3 is 9.47 Å². The number of hydrogen-bond acceptors (Lipinski definition) is 8. The minimum atomic E-state index is -0.0923. The molecule has 340 valence electrons. The normalized spacial score (nSPS) is 16.2. The van der Waals surface area contributed by atoms with Crippen LogP contribution in [0, 0.1) is 0 Å². The lowest BCUT2D eigenvalue weighted by Gasteiger charge is -2.42. The lowest BCUT2D eigenvalue weighted by molar-refractivity contribution is 0.282. The zero-order chi connectivity index (χ0) is 45.7. The summed E-state index contributed by atoms with van der Waals surface area (Å²) in [5.41, 5.74) is 10.9. The SMILES string of the molecule is C=CCn1c(SCc2ccc(OC)cc2)nc2c(c1=O)C1(CCCCC1)Cc1ccccc1-2.C=CCn1c(SCc2cccc(OC)c2)nc2c(c1=O)C1(CCCCC1)Cc1ccccc1-2. The molecular formula is C56H60N4O4S2. The van der Waals surface area contributed by atoms with Gasteiger partial charge in [-0.1, -0.05) is 147 Å². The van der Waals surface area contributed by atoms with Gasteiger partial charge in [-0.3, -0.25) is 18.7 Å². The number of fused-ring (bicyclic) bond motifs is 8. The van der Waals surface area contributed by atoms with Crippen molar-refractivity contribution in [2.45, 2.75) is 123 Å². The van der Waals surface area contributed by atoms with Crippen LogP contribution in [0.1, 0.15) is 97.6 Å². The number of thioether (sulfide) groups is 2. The van der Waals surface area contributed by atoms with Crippen LogP contribution in [0.3, 0.4) is 0 Å². The summed E-state index contributed by atoms with van der Waals surface area (Å²) >= 11 is 3.22. The largest absolute Gasteiger partial charge is 0.497 e. The van der Waals surface area contributed by atoms with Gasteiger partial charge in [0, 0.05) is 46.6 Å². The summed E-state index contributed by atoms with van der Waals surface area (Å²) in [4.78, 5) is 38.5. The third-order valence-corrected chi connectivity index (χ3v) is 16.3. The van der Waals surface area contributed by atoms with Gasteiger partial charge >= 0.3 is 0 Å². The van der Waals surface area contributed by atoms with E-state index in [9.17, 15) is 9.59 Å². The minimum Gasteiger partial charge on any atom is -0.497 e. The topological polar surface area (TPSA) is 88.2 Å². The number of aromatic nitrogens is 4. The van der Waals surface area contributed by atoms with Crippen molar-refractivity contribution in [3.8, 4) is 34.0 Å². The maximum atomic E-state index is 14.1. The molecule has 0 saturated heterocycles. The highest BCUT2D eigenvalue weighted by Gasteiger charge is 2.45. The summed E-state index contributed by atoms with van der Waals surface area (Å²) in [5.74, 6) is 3.13. The van der Waals surface area contributed by atoms with Gasteiger partial charge in [-0.15, -0.1) is 13.2 Å². The predicted octanol–water partition coefficient (Wildman–Crippen LogP) is 12.3. The van der Waals surface area contributed by atoms with Crippen LogP contribution in [0.15, 0.2) is 142 Å². The second-order valence-corrected chi connectivity index (χ2v) is 20.2. The molecule has 66 heavy (non-hydrogen) atoms. The van der Waals surface area contributed by atoms with Crippen LogP contribution in [0.4, 0.5) is 0 Å². The molecule has 0 atom stereocenters. The van der Waals surface area contributed by atoms with Crippen LogP contribution in [-0.4, -0.2) is 33.3 Å². The van der Waals surface area contributed by atoms with Gasteiger partial charge in [0.1, 0.15) is 11.5 Å². The highest BCUT2D eigenvalue weighted by atomic mass is 32.2. The monoisotopic (exact) mass is 916 g/mol. The fourth-order valence-corrected chi connectivity index (χ4v) is 12.9. The van der Waals surface area contributed by atoms with Gasteiger partial charge in [-0.25, -0.2) is 9.97 Å². The molecule has 2 saturated carbocycles. The van der Waals surface area contributed by atoms with Crippen molar-refractivity contribution in [1.82, 2.24) is 19.1 Å². The lowest BCUT2D eigenvalue weighted by atomic mass is 9.62. The standard InChI is InChI=1S/2C28H30N2O2S/c1-3-16-30-26(31)24-25(29-27(30)33-19-20-10-9-12-22(17-20)32-2)23-13-6-5-11-21(23)18-28(24)14-7-4-8-15-28;1-3-17-30-26(31)24-25(29-27(30)33-19-20-11-13-22(32-2)14-12-20)23-10-6-5-9-21(23)18-28(24)15-7-4-8-16-28/h3,5-6,9-13,17H,1,4,7-8,14-16,18-19H2,2H3;3,5-6,9-14H,1,4,7-8,15-19H2,2H3. The Labute approximate surface area is 397 Å². The lowest BCUT2D eigenvalue weighted by Crippen LogP contribution is -2.43. The van der Waals surface area contributed by atoms with E-state index in [-0.39, 0.29) is 21.9 Å². The average Bonchev–Trinajstić information content (AvgIpc) is 3.35. The van der Waals surface area contributed by atoms with Gasteiger partial charge in [0.25, 0.3) is 11.1 Å². The van der Waals surface area contributed by atoms with Gasteiger partial charge in [-0.05, 0) is 85.0 Å². The summed E-state index contributed by atoms with van der Waals surface area (Å²) in [7, 11) is 3.35. The van der Waals surface area contributed by atoms with Crippen molar-refractivity contribution >= 4 is 23.5 Å². The second kappa shape index (κ2) is 20.1. The Morgan fingerprint density at radius 2 is 1.05 bits per heavy atom. The van der Waals surface area contributed by atoms with E-state index in [1.165, 1.54) is 55.2 Å². The molecule has 8 nitrogen and oxygen atoms in total. The maximum absolute atomic E-state index is 14.1. The number of methoxy groups -OCH3 is 2. The molecule has 4 aromatic carbocycles. The van der Waals surface area contributed by atoms with E-state index in [0.717, 1.165) is 105 Å². The van der Waals surface area contributed by atoms with Crippen LogP contribution in [-0.2, 0) is 48.3 Å². The van der Waals surface area contributed by atoms with Crippen molar-refractivity contribution in [3.05, 3.63) is 176 Å². The molecule has 0 radical (unpaired) electrons. The van der Waals surface area contributed by atoms with E-state index >= 15 is 0 Å². The van der Waals surface area contributed by atoms with Crippen LogP contribution >= 0.6 is 23.5 Å². The van der Waals surface area contributed by atoms with Crippen molar-refractivity contribution in [2.75, 3.05) is 14.2 Å². The van der Waals surface area contributed by atoms with Gasteiger partial charge in [0.2, 0.25) is 0 Å². The Kier molecular flexibility index (Phi) is 13.9. The third kappa shape index (κ3) is 8.98. The van der Waals surface area contributed by atoms with Gasteiger partial charge in [0.05, 0.1) is 36.7 Å². The van der Waals surface area contributed by atoms with Crippen molar-refractivity contribution in [3.63, 3.8) is 0 Å². The number of ether oxygens (including phenoxy) is 2. The first-order valence-electron chi connectivity index (χ1n) is 23.5. The maximum Gasteiger partial charge on any atom is 0.258 e. The molecule has 0 bridgehead atoms. The Morgan fingerprint density at radius 1 is 0.576 bits per heavy atom. The highest BCUT2D eigenvalue weighted by molar-refractivity contribution is 7.98. The molecule has 2 fully saturated rings. The van der Waals surface area contributed by atoms with Gasteiger partial charge in [0.15, 0.2) is 10.3 Å². The molecule has 2 aromatic heterocycles. The average molecular weight is 917 g/mol. The smallest absolute Gasteiger partial charge is 0.258 e. The molecule has 0 amide bonds. The molecule has 0 N–H and O–H groups in total. The zero-order valence-electron chi connectivity index (χ0n) is 38.4. The molecule has 10 rings (SSSR count). The molecule has 4 aliphatic rings. The van der Waals surface area contributed by atoms with Crippen LogP contribution < -0.4 is 20.6 Å². The van der Waals surface area contributed by atoms with Crippen LogP contribution in [0.5, 0.6) is 11.5 Å². The van der Waals surface area contributed by atoms with Crippen LogP contribution in [0.25, 0.3) is 22.5 Å². The second-order valence-electron chi connectivity index (χ2n) is 18.3. The van der Waals surface area contributed by atoms with E-state index in [0.29, 0.717) is 18.8 Å². The summed E-state index contributed by atoms with van der Waals surface area (Å²) in [6.07, 6.45) is 17.0. The van der Waals surface area contributed by atoms with E-state index in [2.05, 4.69) is 79.9 Å². The molecule has 6 aromatic rings. The van der Waals surface area contributed by atoms with Gasteiger partial charge in [-0.2, -0.15) is 0 Å². The van der Waals surface area contributed by atoms with E-state index in [4.69, 9.17) is 19.4 Å². The number of nitrogens with zero attached hydrogens (tertiary/aromatic N) is 4. The Bertz CT molecular complexity index is 2850. The van der Waals surface area contributed by atoms with Crippen molar-refractivity contribution in [1.29, 1.82) is 0 Å². The molecule has 0 unspecified atom stereocenters. The first-order valence-corrected chi connectivity index (χ1v) is 25.5. The molecule has 2 spiro atoms. The van der Waals surface area contributed by atoms with Crippen LogP contribution in [0.2, 0.25) is 0 Å².